The van der Waals surface area contributed by atoms with Gasteiger partial charge in [-0.25, -0.2) is 4.39 Å². The fourth-order valence-corrected chi connectivity index (χ4v) is 2.11. The number of aryl methyl sites for hydroxylation is 1. The highest BCUT2D eigenvalue weighted by Gasteiger charge is 2.24. The molecule has 0 fully saturated rings. The average Bonchev–Trinajstić information content (AvgIpc) is 2.48. The molecule has 1 rings (SSSR count). The Bertz CT molecular complexity index is 465. The third-order valence-electron chi connectivity index (χ3n) is 3.46. The Morgan fingerprint density at radius 2 is 2.19 bits per heavy atom. The molecule has 0 amide bonds. The molecule has 2 unspecified atom stereocenters. The summed E-state index contributed by atoms with van der Waals surface area (Å²) in [7, 11) is 1.32. The fraction of sp³-hybridized carbons (Fsp3) is 0.562. The molecular weight excluding hydrogens is 273 g/mol. The molecule has 0 saturated heterocycles. The fourth-order valence-electron chi connectivity index (χ4n) is 2.11. The minimum atomic E-state index is -0.889. The van der Waals surface area contributed by atoms with Crippen molar-refractivity contribution in [2.24, 2.45) is 0 Å². The van der Waals surface area contributed by atoms with Crippen molar-refractivity contribution < 1.29 is 19.0 Å². The number of rotatable bonds is 8. The number of halogens is 1. The third kappa shape index (κ3) is 5.44. The Hall–Kier alpha value is -1.46. The monoisotopic (exact) mass is 297 g/mol. The molecule has 0 aliphatic heterocycles. The number of nitrogens with one attached hydrogen (secondary N) is 1. The smallest absolute Gasteiger partial charge is 0.307 e. The van der Waals surface area contributed by atoms with E-state index in [9.17, 15) is 14.3 Å². The molecule has 0 aliphatic rings. The van der Waals surface area contributed by atoms with Gasteiger partial charge in [-0.05, 0) is 37.1 Å². The van der Waals surface area contributed by atoms with Crippen molar-refractivity contribution in [3.8, 4) is 0 Å². The lowest BCUT2D eigenvalue weighted by molar-refractivity contribution is -0.142. The first-order valence-electron chi connectivity index (χ1n) is 7.23. The second kappa shape index (κ2) is 8.74. The highest BCUT2D eigenvalue weighted by atomic mass is 19.1. The maximum Gasteiger partial charge on any atom is 0.307 e. The number of ether oxygens (including phenoxy) is 1. The second-order valence-corrected chi connectivity index (χ2v) is 5.15. The second-order valence-electron chi connectivity index (χ2n) is 5.15. The van der Waals surface area contributed by atoms with Crippen LogP contribution in [0.25, 0.3) is 0 Å². The number of hydrogen-bond donors (Lipinski definition) is 2. The van der Waals surface area contributed by atoms with Crippen LogP contribution in [-0.2, 0) is 9.53 Å². The Balaban J connectivity index is 2.83. The van der Waals surface area contributed by atoms with Crippen LogP contribution >= 0.6 is 0 Å². The number of aliphatic hydroxyl groups excluding tert-OH is 1. The molecule has 5 heteroatoms. The van der Waals surface area contributed by atoms with Crippen molar-refractivity contribution in [1.29, 1.82) is 0 Å². The van der Waals surface area contributed by atoms with Gasteiger partial charge in [-0.1, -0.05) is 25.5 Å². The lowest BCUT2D eigenvalue weighted by Gasteiger charge is -2.24. The van der Waals surface area contributed by atoms with Gasteiger partial charge in [0.1, 0.15) is 5.82 Å². The van der Waals surface area contributed by atoms with Crippen LogP contribution in [0.2, 0.25) is 0 Å². The van der Waals surface area contributed by atoms with E-state index < -0.39 is 12.1 Å². The van der Waals surface area contributed by atoms with Gasteiger partial charge in [0.05, 0.1) is 19.6 Å². The van der Waals surface area contributed by atoms with Gasteiger partial charge in [0.2, 0.25) is 0 Å². The summed E-state index contributed by atoms with van der Waals surface area (Å²) in [4.78, 5) is 11.5. The van der Waals surface area contributed by atoms with E-state index in [-0.39, 0.29) is 18.2 Å². The molecule has 1 aromatic carbocycles. The number of carbonyl (C=O) groups is 1. The van der Waals surface area contributed by atoms with Gasteiger partial charge in [0.15, 0.2) is 0 Å². The molecule has 0 bridgehead atoms. The predicted molar refractivity (Wildman–Crippen MR) is 79.4 cm³/mol. The van der Waals surface area contributed by atoms with Gasteiger partial charge in [-0.2, -0.15) is 0 Å². The quantitative estimate of drug-likeness (QED) is 0.572. The topological polar surface area (TPSA) is 58.6 Å². The number of benzene rings is 1. The van der Waals surface area contributed by atoms with E-state index in [2.05, 4.69) is 17.0 Å². The number of aliphatic hydroxyl groups is 1. The predicted octanol–water partition coefficient (Wildman–Crippen LogP) is 2.49. The van der Waals surface area contributed by atoms with Gasteiger partial charge < -0.3 is 15.2 Å². The van der Waals surface area contributed by atoms with Crippen LogP contribution in [0.3, 0.4) is 0 Å². The van der Waals surface area contributed by atoms with Crippen LogP contribution in [0, 0.1) is 12.7 Å². The molecule has 0 heterocycles. The Morgan fingerprint density at radius 1 is 1.48 bits per heavy atom. The summed E-state index contributed by atoms with van der Waals surface area (Å²) in [5.41, 5.74) is 1.06. The molecule has 2 atom stereocenters. The summed E-state index contributed by atoms with van der Waals surface area (Å²) in [6.45, 7) is 4.41. The van der Waals surface area contributed by atoms with Crippen molar-refractivity contribution in [3.63, 3.8) is 0 Å². The summed E-state index contributed by atoms with van der Waals surface area (Å²) in [5, 5.41) is 13.6. The van der Waals surface area contributed by atoms with Gasteiger partial charge in [-0.15, -0.1) is 0 Å². The van der Waals surface area contributed by atoms with Crippen LogP contribution < -0.4 is 5.32 Å². The highest BCUT2D eigenvalue weighted by Crippen LogP contribution is 2.22. The van der Waals surface area contributed by atoms with Crippen molar-refractivity contribution in [1.82, 2.24) is 5.32 Å². The zero-order chi connectivity index (χ0) is 15.8. The van der Waals surface area contributed by atoms with E-state index in [1.54, 1.807) is 19.1 Å². The first-order chi connectivity index (χ1) is 9.99. The SMILES string of the molecule is CCCCNC(CC(=O)OC)C(O)c1ccc(F)c(C)c1. The third-order valence-corrected chi connectivity index (χ3v) is 3.46. The standard InChI is InChI=1S/C16H24FNO3/c1-4-5-8-18-14(10-15(19)21-3)16(20)12-6-7-13(17)11(2)9-12/h6-7,9,14,16,18,20H,4-5,8,10H2,1-3H3. The van der Waals surface area contributed by atoms with Crippen LogP contribution in [0.5, 0.6) is 0 Å². The van der Waals surface area contributed by atoms with E-state index in [0.717, 1.165) is 12.8 Å². The van der Waals surface area contributed by atoms with Crippen LogP contribution in [-0.4, -0.2) is 30.8 Å². The van der Waals surface area contributed by atoms with Crippen LogP contribution in [0.4, 0.5) is 4.39 Å². The molecule has 4 nitrogen and oxygen atoms in total. The molecule has 0 saturated carbocycles. The number of unbranched alkanes of at least 4 members (excludes halogenated alkanes) is 1. The maximum absolute atomic E-state index is 13.3. The largest absolute Gasteiger partial charge is 0.469 e. The van der Waals surface area contributed by atoms with Gasteiger partial charge in [0, 0.05) is 6.04 Å². The van der Waals surface area contributed by atoms with Crippen molar-refractivity contribution >= 4 is 5.97 Å². The zero-order valence-electron chi connectivity index (χ0n) is 12.9. The summed E-state index contributed by atoms with van der Waals surface area (Å²) in [6, 6.07) is 4.02. The molecule has 118 valence electrons. The van der Waals surface area contributed by atoms with E-state index >= 15 is 0 Å². The van der Waals surface area contributed by atoms with Crippen molar-refractivity contribution in [3.05, 3.63) is 35.1 Å². The number of hydrogen-bond acceptors (Lipinski definition) is 4. The lowest BCUT2D eigenvalue weighted by atomic mass is 9.98. The first-order valence-corrected chi connectivity index (χ1v) is 7.23. The molecule has 21 heavy (non-hydrogen) atoms. The maximum atomic E-state index is 13.3. The number of carbonyl (C=O) groups excluding carboxylic acids is 1. The molecule has 0 spiro atoms. The number of methoxy groups -OCH3 is 1. The molecule has 2 N–H and O–H groups in total. The van der Waals surface area contributed by atoms with E-state index in [4.69, 9.17) is 0 Å². The van der Waals surface area contributed by atoms with Gasteiger partial charge in [-0.3, -0.25) is 4.79 Å². The first kappa shape index (κ1) is 17.6. The normalized spacial score (nSPS) is 13.8. The van der Waals surface area contributed by atoms with Crippen LogP contribution in [0.1, 0.15) is 43.4 Å². The summed E-state index contributed by atoms with van der Waals surface area (Å²) in [5.74, 6) is -0.698. The van der Waals surface area contributed by atoms with Gasteiger partial charge in [0.25, 0.3) is 0 Å². The lowest BCUT2D eigenvalue weighted by Crippen LogP contribution is -2.37. The number of esters is 1. The average molecular weight is 297 g/mol. The summed E-state index contributed by atoms with van der Waals surface area (Å²) in [6.07, 6.45) is 1.15. The molecule has 0 aliphatic carbocycles. The van der Waals surface area contributed by atoms with Crippen molar-refractivity contribution in [2.75, 3.05) is 13.7 Å². The Kier molecular flexibility index (Phi) is 7.32. The molecule has 0 aromatic heterocycles. The van der Waals surface area contributed by atoms with Gasteiger partial charge >= 0.3 is 5.97 Å². The summed E-state index contributed by atoms with van der Waals surface area (Å²) >= 11 is 0. The van der Waals surface area contributed by atoms with Crippen molar-refractivity contribution in [2.45, 2.75) is 45.3 Å². The molecular formula is C16H24FNO3. The summed E-state index contributed by atoms with van der Waals surface area (Å²) < 4.78 is 18.0. The highest BCUT2D eigenvalue weighted by molar-refractivity contribution is 5.70. The Labute approximate surface area is 125 Å². The minimum Gasteiger partial charge on any atom is -0.469 e. The van der Waals surface area contributed by atoms with E-state index in [1.807, 2.05) is 0 Å². The van der Waals surface area contributed by atoms with E-state index in [0.29, 0.717) is 17.7 Å². The Morgan fingerprint density at radius 3 is 2.76 bits per heavy atom. The molecule has 0 radical (unpaired) electrons. The molecule has 1 aromatic rings. The van der Waals surface area contributed by atoms with E-state index in [1.165, 1.54) is 13.2 Å². The minimum absolute atomic E-state index is 0.0673. The zero-order valence-corrected chi connectivity index (χ0v) is 12.9. The van der Waals surface area contributed by atoms with Crippen LogP contribution in [0.15, 0.2) is 18.2 Å².